The summed E-state index contributed by atoms with van der Waals surface area (Å²) in [4.78, 5) is 27.3. The van der Waals surface area contributed by atoms with Gasteiger partial charge in [-0.25, -0.2) is 9.59 Å². The Morgan fingerprint density at radius 1 is 0.810 bits per heavy atom. The summed E-state index contributed by atoms with van der Waals surface area (Å²) in [6.07, 6.45) is 2.82. The smallest absolute Gasteiger partial charge is 0.240 e. The lowest BCUT2D eigenvalue weighted by atomic mass is 10.3. The van der Waals surface area contributed by atoms with E-state index in [-0.39, 0.29) is 10.0 Å². The average molecular weight is 321 g/mol. The summed E-state index contributed by atoms with van der Waals surface area (Å²) >= 11 is 11.9. The molecule has 0 amide bonds. The third-order valence-electron chi connectivity index (χ3n) is 2.41. The van der Waals surface area contributed by atoms with Gasteiger partial charge in [-0.05, 0) is 24.3 Å². The maximum Gasteiger partial charge on any atom is 0.240 e. The van der Waals surface area contributed by atoms with E-state index in [9.17, 15) is 9.59 Å². The minimum atomic E-state index is 0.254. The van der Waals surface area contributed by atoms with Gasteiger partial charge in [0.15, 0.2) is 0 Å². The number of halogens is 2. The van der Waals surface area contributed by atoms with Crippen LogP contribution >= 0.6 is 23.2 Å². The van der Waals surface area contributed by atoms with Crippen molar-refractivity contribution in [2.45, 2.75) is 0 Å². The second kappa shape index (κ2) is 6.84. The summed E-state index contributed by atoms with van der Waals surface area (Å²) in [6.45, 7) is 0. The number of hydrogen-bond acceptors (Lipinski definition) is 5. The SMILES string of the molecule is O=C=Nc1ccc(Oc2ccc(N=C=O)c(Cl)c2)cc1Cl. The quantitative estimate of drug-likeness (QED) is 0.604. The Balaban J connectivity index is 2.26. The van der Waals surface area contributed by atoms with E-state index in [1.807, 2.05) is 0 Å². The molecule has 0 saturated heterocycles. The van der Waals surface area contributed by atoms with Gasteiger partial charge in [0, 0.05) is 12.1 Å². The van der Waals surface area contributed by atoms with Crippen molar-refractivity contribution in [1.29, 1.82) is 0 Å². The molecule has 0 aliphatic carbocycles. The number of carbonyl (C=O) groups excluding carboxylic acids is 2. The molecule has 0 unspecified atom stereocenters. The summed E-state index contributed by atoms with van der Waals surface area (Å²) < 4.78 is 5.56. The van der Waals surface area contributed by atoms with Gasteiger partial charge in [-0.1, -0.05) is 23.2 Å². The lowest BCUT2D eigenvalue weighted by molar-refractivity contribution is 0.483. The second-order valence-corrected chi connectivity index (χ2v) is 4.55. The summed E-state index contributed by atoms with van der Waals surface area (Å²) in [7, 11) is 0. The summed E-state index contributed by atoms with van der Waals surface area (Å²) in [6, 6.07) is 9.23. The third kappa shape index (κ3) is 3.78. The lowest BCUT2D eigenvalue weighted by Gasteiger charge is -2.07. The molecule has 5 nitrogen and oxygen atoms in total. The van der Waals surface area contributed by atoms with Gasteiger partial charge in [0.05, 0.1) is 21.4 Å². The molecule has 21 heavy (non-hydrogen) atoms. The van der Waals surface area contributed by atoms with Gasteiger partial charge in [-0.3, -0.25) is 0 Å². The zero-order valence-corrected chi connectivity index (χ0v) is 11.9. The van der Waals surface area contributed by atoms with Crippen LogP contribution in [0.5, 0.6) is 11.5 Å². The molecule has 7 heteroatoms. The normalized spacial score (nSPS) is 9.43. The summed E-state index contributed by atoms with van der Waals surface area (Å²) in [5.41, 5.74) is 0.598. The highest BCUT2D eigenvalue weighted by molar-refractivity contribution is 6.33. The van der Waals surface area contributed by atoms with Gasteiger partial charge < -0.3 is 4.74 Å². The van der Waals surface area contributed by atoms with Gasteiger partial charge in [0.2, 0.25) is 12.2 Å². The molecule has 0 aromatic heterocycles. The van der Waals surface area contributed by atoms with Crippen LogP contribution in [0.3, 0.4) is 0 Å². The van der Waals surface area contributed by atoms with Crippen molar-refractivity contribution in [2.24, 2.45) is 9.98 Å². The van der Waals surface area contributed by atoms with Crippen LogP contribution in [0, 0.1) is 0 Å². The Morgan fingerprint density at radius 3 is 1.57 bits per heavy atom. The van der Waals surface area contributed by atoms with Gasteiger partial charge in [0.25, 0.3) is 0 Å². The van der Waals surface area contributed by atoms with E-state index in [1.165, 1.54) is 36.4 Å². The summed E-state index contributed by atoms with van der Waals surface area (Å²) in [5, 5.41) is 0.508. The predicted octanol–water partition coefficient (Wildman–Crippen LogP) is 4.72. The first-order valence-corrected chi connectivity index (χ1v) is 6.32. The molecule has 0 atom stereocenters. The molecule has 2 rings (SSSR count). The molecular weight excluding hydrogens is 315 g/mol. The van der Waals surface area contributed by atoms with Crippen molar-refractivity contribution in [2.75, 3.05) is 0 Å². The fraction of sp³-hybridized carbons (Fsp3) is 0. The van der Waals surface area contributed by atoms with Gasteiger partial charge >= 0.3 is 0 Å². The highest BCUT2D eigenvalue weighted by atomic mass is 35.5. The fourth-order valence-corrected chi connectivity index (χ4v) is 1.94. The van der Waals surface area contributed by atoms with Crippen molar-refractivity contribution in [3.8, 4) is 11.5 Å². The topological polar surface area (TPSA) is 68.1 Å². The Bertz CT molecular complexity index is 714. The van der Waals surface area contributed by atoms with E-state index in [0.29, 0.717) is 22.9 Å². The zero-order valence-electron chi connectivity index (χ0n) is 10.3. The molecule has 0 radical (unpaired) electrons. The monoisotopic (exact) mass is 320 g/mol. The molecule has 0 fully saturated rings. The van der Waals surface area contributed by atoms with Crippen LogP contribution in [0.4, 0.5) is 11.4 Å². The van der Waals surface area contributed by atoms with E-state index >= 15 is 0 Å². The minimum absolute atomic E-state index is 0.254. The van der Waals surface area contributed by atoms with E-state index in [0.717, 1.165) is 0 Å². The van der Waals surface area contributed by atoms with Crippen molar-refractivity contribution >= 4 is 46.7 Å². The van der Waals surface area contributed by atoms with Crippen molar-refractivity contribution < 1.29 is 14.3 Å². The molecule has 0 spiro atoms. The molecule has 104 valence electrons. The number of hydrogen-bond donors (Lipinski definition) is 0. The van der Waals surface area contributed by atoms with E-state index in [1.54, 1.807) is 12.1 Å². The van der Waals surface area contributed by atoms with Crippen LogP contribution < -0.4 is 4.74 Å². The highest BCUT2D eigenvalue weighted by Gasteiger charge is 2.05. The number of ether oxygens (including phenoxy) is 1. The number of rotatable bonds is 4. The van der Waals surface area contributed by atoms with Gasteiger partial charge in [0.1, 0.15) is 11.5 Å². The second-order valence-electron chi connectivity index (χ2n) is 3.73. The van der Waals surface area contributed by atoms with E-state index in [2.05, 4.69) is 9.98 Å². The minimum Gasteiger partial charge on any atom is -0.457 e. The van der Waals surface area contributed by atoms with Crippen LogP contribution in [0.2, 0.25) is 10.0 Å². The van der Waals surface area contributed by atoms with Crippen LogP contribution in [-0.2, 0) is 9.59 Å². The molecule has 0 N–H and O–H groups in total. The Morgan fingerprint density at radius 2 is 1.24 bits per heavy atom. The number of nitrogens with zero attached hydrogens (tertiary/aromatic N) is 2. The van der Waals surface area contributed by atoms with E-state index in [4.69, 9.17) is 27.9 Å². The lowest BCUT2D eigenvalue weighted by Crippen LogP contribution is -1.84. The first-order chi connectivity index (χ1) is 10.1. The predicted molar refractivity (Wildman–Crippen MR) is 78.5 cm³/mol. The van der Waals surface area contributed by atoms with Crippen molar-refractivity contribution in [3.05, 3.63) is 46.4 Å². The Labute approximate surface area is 129 Å². The zero-order chi connectivity index (χ0) is 15.2. The molecular formula is C14H6Cl2N2O3. The molecule has 0 saturated carbocycles. The maximum atomic E-state index is 10.2. The van der Waals surface area contributed by atoms with E-state index < -0.39 is 0 Å². The van der Waals surface area contributed by atoms with Gasteiger partial charge in [-0.2, -0.15) is 9.98 Å². The van der Waals surface area contributed by atoms with Crippen molar-refractivity contribution in [3.63, 3.8) is 0 Å². The van der Waals surface area contributed by atoms with Crippen molar-refractivity contribution in [1.82, 2.24) is 0 Å². The average Bonchev–Trinajstić information content (AvgIpc) is 2.45. The molecule has 0 bridgehead atoms. The summed E-state index contributed by atoms with van der Waals surface area (Å²) in [5.74, 6) is 0.875. The molecule has 0 aliphatic heterocycles. The first-order valence-electron chi connectivity index (χ1n) is 5.56. The molecule has 0 heterocycles. The first kappa shape index (κ1) is 15.0. The maximum absolute atomic E-state index is 10.2. The largest absolute Gasteiger partial charge is 0.457 e. The molecule has 2 aromatic carbocycles. The number of aliphatic imine (C=N–C) groups is 2. The van der Waals surface area contributed by atoms with Gasteiger partial charge in [-0.15, -0.1) is 0 Å². The van der Waals surface area contributed by atoms with Crippen LogP contribution in [0.1, 0.15) is 0 Å². The Kier molecular flexibility index (Phi) is 4.88. The molecule has 2 aromatic rings. The van der Waals surface area contributed by atoms with Crippen LogP contribution in [-0.4, -0.2) is 12.2 Å². The van der Waals surface area contributed by atoms with Crippen LogP contribution in [0.15, 0.2) is 46.4 Å². The fourth-order valence-electron chi connectivity index (χ4n) is 1.52. The number of isocyanates is 2. The number of benzene rings is 2. The molecule has 0 aliphatic rings. The standard InChI is InChI=1S/C14H6Cl2N2O3/c15-11-5-9(1-3-13(11)17-7-19)21-10-2-4-14(18-8-20)12(16)6-10/h1-6H. The Hall–Kier alpha value is -2.42. The highest BCUT2D eigenvalue weighted by Crippen LogP contribution is 2.34. The van der Waals surface area contributed by atoms with Crippen LogP contribution in [0.25, 0.3) is 0 Å². The third-order valence-corrected chi connectivity index (χ3v) is 3.01.